The van der Waals surface area contributed by atoms with Crippen LogP contribution in [0, 0.1) is 18.7 Å². The molecule has 2 aliphatic rings. The number of imidazole rings is 1. The molecular weight excluding hydrogens is 445 g/mol. The first-order valence-corrected chi connectivity index (χ1v) is 11.6. The number of fused-ring (bicyclic) bond motifs is 3. The van der Waals surface area contributed by atoms with Crippen molar-refractivity contribution in [2.75, 3.05) is 0 Å². The van der Waals surface area contributed by atoms with Gasteiger partial charge in [0, 0.05) is 24.3 Å². The molecular formula is C24H25ClFN5O2. The maximum atomic E-state index is 14.8. The molecule has 1 aliphatic carbocycles. The second-order valence-corrected chi connectivity index (χ2v) is 9.92. The molecule has 0 radical (unpaired) electrons. The number of hydrogen-bond acceptors (Lipinski definition) is 5. The van der Waals surface area contributed by atoms with Gasteiger partial charge in [-0.25, -0.2) is 19.3 Å². The summed E-state index contributed by atoms with van der Waals surface area (Å²) in [6.07, 6.45) is 8.84. The second kappa shape index (κ2) is 7.48. The summed E-state index contributed by atoms with van der Waals surface area (Å²) >= 11 is 6.27. The number of aryl methyl sites for hydroxylation is 2. The van der Waals surface area contributed by atoms with Gasteiger partial charge in [0.25, 0.3) is 0 Å². The Bertz CT molecular complexity index is 1370. The van der Waals surface area contributed by atoms with Gasteiger partial charge in [-0.2, -0.15) is 0 Å². The summed E-state index contributed by atoms with van der Waals surface area (Å²) in [5.41, 5.74) is 3.15. The lowest BCUT2D eigenvalue weighted by Crippen LogP contribution is -2.27. The molecule has 9 heteroatoms. The fraction of sp³-hybridized carbons (Fsp3) is 0.458. The first-order chi connectivity index (χ1) is 15.8. The Kier molecular flexibility index (Phi) is 4.76. The first-order valence-electron chi connectivity index (χ1n) is 11.3. The Labute approximate surface area is 195 Å². The highest BCUT2D eigenvalue weighted by Crippen LogP contribution is 2.49. The predicted molar refractivity (Wildman–Crippen MR) is 122 cm³/mol. The van der Waals surface area contributed by atoms with E-state index in [2.05, 4.69) is 19.5 Å². The number of nitrogens with zero attached hydrogens (tertiary/aromatic N) is 5. The number of aromatic nitrogens is 5. The van der Waals surface area contributed by atoms with Crippen LogP contribution >= 0.6 is 11.6 Å². The second-order valence-electron chi connectivity index (χ2n) is 9.57. The molecule has 2 fully saturated rings. The van der Waals surface area contributed by atoms with Crippen LogP contribution in [-0.2, 0) is 15.9 Å². The van der Waals surface area contributed by atoms with Crippen LogP contribution in [0.4, 0.5) is 4.39 Å². The van der Waals surface area contributed by atoms with Gasteiger partial charge in [0.2, 0.25) is 0 Å². The van der Waals surface area contributed by atoms with Crippen molar-refractivity contribution >= 4 is 28.3 Å². The average Bonchev–Trinajstić information content (AvgIpc) is 3.50. The van der Waals surface area contributed by atoms with Gasteiger partial charge in [0.15, 0.2) is 5.79 Å². The van der Waals surface area contributed by atoms with Gasteiger partial charge in [0.05, 0.1) is 17.5 Å². The van der Waals surface area contributed by atoms with Crippen molar-refractivity contribution in [3.8, 4) is 0 Å². The highest BCUT2D eigenvalue weighted by Gasteiger charge is 2.54. The Hall–Kier alpha value is -2.55. The van der Waals surface area contributed by atoms with Crippen LogP contribution in [0.5, 0.6) is 0 Å². The third-order valence-corrected chi connectivity index (χ3v) is 7.32. The van der Waals surface area contributed by atoms with Gasteiger partial charge in [0.1, 0.15) is 34.7 Å². The number of hydrogen-bond donors (Lipinski definition) is 0. The van der Waals surface area contributed by atoms with Crippen molar-refractivity contribution in [2.45, 2.75) is 64.1 Å². The minimum Gasteiger partial charge on any atom is -0.344 e. The average molecular weight is 470 g/mol. The molecule has 172 valence electrons. The molecule has 1 aliphatic heterocycles. The number of pyridine rings is 1. The van der Waals surface area contributed by atoms with E-state index < -0.39 is 5.79 Å². The van der Waals surface area contributed by atoms with Gasteiger partial charge in [-0.1, -0.05) is 11.6 Å². The van der Waals surface area contributed by atoms with E-state index in [0.717, 1.165) is 35.2 Å². The van der Waals surface area contributed by atoms with Crippen LogP contribution in [-0.4, -0.2) is 41.9 Å². The van der Waals surface area contributed by atoms with E-state index >= 15 is 0 Å². The number of rotatable bonds is 4. The fourth-order valence-corrected chi connectivity index (χ4v) is 5.70. The summed E-state index contributed by atoms with van der Waals surface area (Å²) in [6, 6.07) is 3.84. The predicted octanol–water partition coefficient (Wildman–Crippen LogP) is 4.89. The highest BCUT2D eigenvalue weighted by molar-refractivity contribution is 6.33. The Morgan fingerprint density at radius 1 is 1.21 bits per heavy atom. The topological polar surface area (TPSA) is 66.5 Å². The monoisotopic (exact) mass is 469 g/mol. The molecule has 5 heterocycles. The summed E-state index contributed by atoms with van der Waals surface area (Å²) in [6.45, 7) is 5.81. The lowest BCUT2D eigenvalue weighted by molar-refractivity contribution is -0.160. The van der Waals surface area contributed by atoms with Crippen LogP contribution in [0.25, 0.3) is 16.7 Å². The molecule has 4 aromatic heterocycles. The lowest BCUT2D eigenvalue weighted by Gasteiger charge is -2.24. The fourth-order valence-electron chi connectivity index (χ4n) is 5.51. The van der Waals surface area contributed by atoms with Crippen molar-refractivity contribution in [3.63, 3.8) is 0 Å². The van der Waals surface area contributed by atoms with Crippen molar-refractivity contribution in [1.82, 2.24) is 23.9 Å². The standard InChI is InChI=1S/C24H25ClFN5O2/c1-13-10-27-19-9-14(17(26)11-31(13)19)4-5-15-8-18(21-20(15)32-24(2,3)33-21)30-7-6-16-22(25)28-12-29-23(16)30/h6-7,9-12,15,18,20-21H,4-5,8H2,1-3H3/t15-,18+,20+,21-/m0/s1. The lowest BCUT2D eigenvalue weighted by atomic mass is 9.96. The van der Waals surface area contributed by atoms with Crippen molar-refractivity contribution in [2.24, 2.45) is 5.92 Å². The molecule has 0 N–H and O–H groups in total. The van der Waals surface area contributed by atoms with Gasteiger partial charge < -0.3 is 18.4 Å². The van der Waals surface area contributed by atoms with E-state index in [4.69, 9.17) is 21.1 Å². The van der Waals surface area contributed by atoms with E-state index in [1.807, 2.05) is 39.1 Å². The zero-order valence-corrected chi connectivity index (χ0v) is 19.5. The van der Waals surface area contributed by atoms with Crippen LogP contribution in [0.3, 0.4) is 0 Å². The van der Waals surface area contributed by atoms with Crippen LogP contribution < -0.4 is 0 Å². The van der Waals surface area contributed by atoms with Crippen molar-refractivity contribution < 1.29 is 13.9 Å². The van der Waals surface area contributed by atoms with E-state index in [9.17, 15) is 4.39 Å². The minimum absolute atomic E-state index is 0.0486. The SMILES string of the molecule is Cc1cnc2cc(CC[C@H]3C[C@@H](n4ccc5c(Cl)ncnc54)[C@@H]4OC(C)(C)O[C@H]34)c(F)cn12. The molecule has 4 aromatic rings. The molecule has 4 atom stereocenters. The summed E-state index contributed by atoms with van der Waals surface area (Å²) in [7, 11) is 0. The molecule has 33 heavy (non-hydrogen) atoms. The molecule has 1 saturated heterocycles. The molecule has 7 nitrogen and oxygen atoms in total. The molecule has 0 unspecified atom stereocenters. The van der Waals surface area contributed by atoms with E-state index in [1.165, 1.54) is 12.5 Å². The molecule has 0 amide bonds. The molecule has 0 bridgehead atoms. The van der Waals surface area contributed by atoms with Crippen LogP contribution in [0.15, 0.2) is 37.1 Å². The van der Waals surface area contributed by atoms with E-state index in [0.29, 0.717) is 17.1 Å². The quantitative estimate of drug-likeness (QED) is 0.398. The van der Waals surface area contributed by atoms with Gasteiger partial charge >= 0.3 is 0 Å². The van der Waals surface area contributed by atoms with Gasteiger partial charge in [-0.05, 0) is 63.6 Å². The van der Waals surface area contributed by atoms with Crippen molar-refractivity contribution in [3.05, 3.63) is 59.3 Å². The normalized spacial score (nSPS) is 26.5. The summed E-state index contributed by atoms with van der Waals surface area (Å²) in [5, 5.41) is 1.26. The maximum absolute atomic E-state index is 14.8. The van der Waals surface area contributed by atoms with Crippen LogP contribution in [0.2, 0.25) is 5.15 Å². The molecule has 1 saturated carbocycles. The van der Waals surface area contributed by atoms with Crippen LogP contribution in [0.1, 0.15) is 44.0 Å². The third-order valence-electron chi connectivity index (χ3n) is 7.02. The zero-order valence-electron chi connectivity index (χ0n) is 18.7. The summed E-state index contributed by atoms with van der Waals surface area (Å²) < 4.78 is 31.4. The van der Waals surface area contributed by atoms with Gasteiger partial charge in [-0.15, -0.1) is 0 Å². The first kappa shape index (κ1) is 21.0. The summed E-state index contributed by atoms with van der Waals surface area (Å²) in [4.78, 5) is 12.9. The molecule has 0 spiro atoms. The molecule has 6 rings (SSSR count). The number of ether oxygens (including phenoxy) is 2. The molecule has 0 aromatic carbocycles. The largest absolute Gasteiger partial charge is 0.344 e. The third kappa shape index (κ3) is 3.43. The summed E-state index contributed by atoms with van der Waals surface area (Å²) in [5.74, 6) is -0.658. The Morgan fingerprint density at radius 3 is 2.88 bits per heavy atom. The Morgan fingerprint density at radius 2 is 2.03 bits per heavy atom. The zero-order chi connectivity index (χ0) is 22.9. The van der Waals surface area contributed by atoms with Crippen molar-refractivity contribution in [1.29, 1.82) is 0 Å². The Balaban J connectivity index is 1.29. The maximum Gasteiger partial charge on any atom is 0.163 e. The van der Waals surface area contributed by atoms with Gasteiger partial charge in [-0.3, -0.25) is 0 Å². The smallest absolute Gasteiger partial charge is 0.163 e. The number of halogens is 2. The minimum atomic E-state index is -0.667. The van der Waals surface area contributed by atoms with E-state index in [-0.39, 0.29) is 30.0 Å². The highest BCUT2D eigenvalue weighted by atomic mass is 35.5. The van der Waals surface area contributed by atoms with E-state index in [1.54, 1.807) is 10.6 Å².